The molecule has 0 aliphatic carbocycles. The van der Waals surface area contributed by atoms with E-state index in [1.807, 2.05) is 0 Å². The summed E-state index contributed by atoms with van der Waals surface area (Å²) in [7, 11) is 0. The number of carbonyl (C=O) groups is 1. The number of nitrogens with two attached hydrogens (primary N) is 1. The second kappa shape index (κ2) is 8.01. The maximum absolute atomic E-state index is 14.3. The summed E-state index contributed by atoms with van der Waals surface area (Å²) in [6.45, 7) is 1.43. The maximum atomic E-state index is 14.3. The molecular weight excluding hydrogens is 481 g/mol. The van der Waals surface area contributed by atoms with Crippen molar-refractivity contribution in [3.05, 3.63) is 63.8 Å². The first-order valence-electron chi connectivity index (χ1n) is 8.13. The molecule has 0 saturated carbocycles. The summed E-state index contributed by atoms with van der Waals surface area (Å²) in [5, 5.41) is 0. The van der Waals surface area contributed by atoms with E-state index in [4.69, 9.17) is 14.9 Å². The highest BCUT2D eigenvalue weighted by Gasteiger charge is 2.31. The lowest BCUT2D eigenvalue weighted by Crippen LogP contribution is -2.16. The predicted molar refractivity (Wildman–Crippen MR) is 96.4 cm³/mol. The van der Waals surface area contributed by atoms with Gasteiger partial charge in [-0.15, -0.1) is 0 Å². The van der Waals surface area contributed by atoms with E-state index in [1.54, 1.807) is 0 Å². The lowest BCUT2D eigenvalue weighted by molar-refractivity contribution is -0.137. The van der Waals surface area contributed by atoms with E-state index in [0.717, 1.165) is 24.3 Å². The quantitative estimate of drug-likeness (QED) is 0.505. The Kier molecular flexibility index (Phi) is 5.79. The minimum Gasteiger partial charge on any atom is -0.478 e. The average Bonchev–Trinajstić information content (AvgIpc) is 3.05. The third kappa shape index (κ3) is 4.27. The predicted octanol–water partition coefficient (Wildman–Crippen LogP) is 5.04. The van der Waals surface area contributed by atoms with Gasteiger partial charge in [-0.1, -0.05) is 0 Å². The lowest BCUT2D eigenvalue weighted by Gasteiger charge is -2.13. The molecule has 30 heavy (non-hydrogen) atoms. The van der Waals surface area contributed by atoms with Crippen LogP contribution in [0.15, 0.2) is 39.5 Å². The van der Waals surface area contributed by atoms with Crippen LogP contribution in [-0.2, 0) is 6.18 Å². The van der Waals surface area contributed by atoms with E-state index in [9.17, 15) is 26.7 Å². The minimum absolute atomic E-state index is 0.0533. The number of alkyl halides is 3. The largest absolute Gasteiger partial charge is 0.478 e. The number of oxazole rings is 1. The monoisotopic (exact) mass is 491 g/mol. The van der Waals surface area contributed by atoms with Crippen LogP contribution in [0, 0.1) is 11.6 Å². The molecule has 0 aliphatic heterocycles. The van der Waals surface area contributed by atoms with Crippen LogP contribution in [0.4, 0.5) is 22.0 Å². The van der Waals surface area contributed by atoms with E-state index in [-0.39, 0.29) is 21.9 Å². The summed E-state index contributed by atoms with van der Waals surface area (Å²) in [5.41, 5.74) is 3.25. The van der Waals surface area contributed by atoms with Crippen LogP contribution in [0.25, 0.3) is 11.4 Å². The van der Waals surface area contributed by atoms with Crippen LogP contribution in [0.1, 0.15) is 34.8 Å². The van der Waals surface area contributed by atoms with E-state index in [2.05, 4.69) is 25.9 Å². The zero-order valence-corrected chi connectivity index (χ0v) is 16.5. The van der Waals surface area contributed by atoms with Gasteiger partial charge in [-0.2, -0.15) is 13.2 Å². The van der Waals surface area contributed by atoms with E-state index >= 15 is 0 Å². The van der Waals surface area contributed by atoms with Gasteiger partial charge >= 0.3 is 6.18 Å². The Labute approximate surface area is 174 Å². The number of benzene rings is 1. The first-order valence-corrected chi connectivity index (χ1v) is 8.92. The zero-order chi connectivity index (χ0) is 22.2. The number of halogens is 6. The topological polar surface area (TPSA) is 91.2 Å². The van der Waals surface area contributed by atoms with E-state index in [1.165, 1.54) is 6.92 Å². The number of pyridine rings is 1. The second-order valence-electron chi connectivity index (χ2n) is 5.96. The highest BCUT2D eigenvalue weighted by atomic mass is 79.9. The second-order valence-corrected chi connectivity index (χ2v) is 6.68. The van der Waals surface area contributed by atoms with Gasteiger partial charge < -0.3 is 14.9 Å². The van der Waals surface area contributed by atoms with Crippen molar-refractivity contribution in [1.29, 1.82) is 0 Å². The molecule has 0 radical (unpaired) electrons. The fourth-order valence-corrected chi connectivity index (χ4v) is 2.90. The van der Waals surface area contributed by atoms with E-state index < -0.39 is 46.7 Å². The number of carbonyl (C=O) groups excluding carboxylic acids is 1. The Balaban J connectivity index is 1.87. The van der Waals surface area contributed by atoms with Crippen molar-refractivity contribution in [2.45, 2.75) is 19.2 Å². The Morgan fingerprint density at radius 1 is 1.23 bits per heavy atom. The molecule has 0 aliphatic rings. The Morgan fingerprint density at radius 2 is 1.93 bits per heavy atom. The number of nitrogens with zero attached hydrogens (tertiary/aromatic N) is 2. The number of primary amides is 1. The molecule has 158 valence electrons. The number of hydrogen-bond donors (Lipinski definition) is 1. The van der Waals surface area contributed by atoms with Crippen LogP contribution < -0.4 is 10.5 Å². The lowest BCUT2D eigenvalue weighted by atomic mass is 10.1. The highest BCUT2D eigenvalue weighted by molar-refractivity contribution is 9.10. The molecular formula is C18H11BrF5N3O3. The summed E-state index contributed by atoms with van der Waals surface area (Å²) < 4.78 is 76.7. The smallest absolute Gasteiger partial charge is 0.417 e. The van der Waals surface area contributed by atoms with Gasteiger partial charge in [0.25, 0.3) is 5.91 Å². The van der Waals surface area contributed by atoms with Gasteiger partial charge in [0.05, 0.1) is 11.3 Å². The maximum Gasteiger partial charge on any atom is 0.417 e. The summed E-state index contributed by atoms with van der Waals surface area (Å²) in [6.07, 6.45) is -4.91. The molecule has 12 heteroatoms. The molecule has 0 fully saturated rings. The van der Waals surface area contributed by atoms with Crippen molar-refractivity contribution >= 4 is 21.8 Å². The summed E-state index contributed by atoms with van der Waals surface area (Å²) in [5.74, 6) is -4.29. The van der Waals surface area contributed by atoms with Crippen LogP contribution in [0.2, 0.25) is 0 Å². The van der Waals surface area contributed by atoms with Gasteiger partial charge in [0.2, 0.25) is 5.89 Å². The van der Waals surface area contributed by atoms with Crippen molar-refractivity contribution in [2.75, 3.05) is 0 Å². The first kappa shape index (κ1) is 21.7. The molecule has 0 bridgehead atoms. The third-order valence-electron chi connectivity index (χ3n) is 3.89. The van der Waals surface area contributed by atoms with E-state index in [0.29, 0.717) is 6.20 Å². The van der Waals surface area contributed by atoms with Gasteiger partial charge in [0.1, 0.15) is 17.1 Å². The van der Waals surface area contributed by atoms with Crippen molar-refractivity contribution in [2.24, 2.45) is 5.73 Å². The molecule has 1 amide bonds. The molecule has 1 unspecified atom stereocenters. The van der Waals surface area contributed by atoms with Crippen LogP contribution in [0.5, 0.6) is 5.75 Å². The zero-order valence-electron chi connectivity index (χ0n) is 14.9. The Hall–Kier alpha value is -3.02. The van der Waals surface area contributed by atoms with Gasteiger partial charge in [0.15, 0.2) is 22.3 Å². The third-order valence-corrected chi connectivity index (χ3v) is 4.43. The molecule has 3 rings (SSSR count). The highest BCUT2D eigenvalue weighted by Crippen LogP contribution is 2.34. The van der Waals surface area contributed by atoms with Gasteiger partial charge in [-0.05, 0) is 47.1 Å². The summed E-state index contributed by atoms with van der Waals surface area (Å²) in [4.78, 5) is 19.0. The van der Waals surface area contributed by atoms with Crippen molar-refractivity contribution in [3.8, 4) is 17.1 Å². The molecule has 1 aromatic carbocycles. The average molecular weight is 492 g/mol. The molecule has 0 spiro atoms. The Bertz CT molecular complexity index is 1100. The molecule has 2 N–H and O–H groups in total. The number of rotatable bonds is 5. The molecule has 2 aromatic heterocycles. The van der Waals surface area contributed by atoms with Crippen LogP contribution in [-0.4, -0.2) is 15.9 Å². The van der Waals surface area contributed by atoms with Crippen LogP contribution in [0.3, 0.4) is 0 Å². The molecule has 0 saturated heterocycles. The van der Waals surface area contributed by atoms with Gasteiger partial charge in [-0.3, -0.25) is 9.78 Å². The number of ether oxygens (including phenoxy) is 1. The number of amides is 1. The summed E-state index contributed by atoms with van der Waals surface area (Å²) in [6, 6.07) is 3.72. The molecule has 3 aromatic rings. The number of aromatic nitrogens is 2. The minimum atomic E-state index is -4.54. The molecule has 1 atom stereocenters. The molecule has 6 nitrogen and oxygen atoms in total. The van der Waals surface area contributed by atoms with Gasteiger partial charge in [-0.25, -0.2) is 13.8 Å². The Morgan fingerprint density at radius 3 is 2.50 bits per heavy atom. The first-order chi connectivity index (χ1) is 14.0. The molecule has 2 heterocycles. The normalized spacial score (nSPS) is 12.6. The fourth-order valence-electron chi connectivity index (χ4n) is 2.44. The van der Waals surface area contributed by atoms with Crippen molar-refractivity contribution in [1.82, 2.24) is 9.97 Å². The number of hydrogen-bond acceptors (Lipinski definition) is 5. The SMILES string of the molecule is CC(Oc1ccc(F)c(C(N)=O)c1F)c1nc(-c2ccc(C(F)(F)F)cn2)c(Br)o1. The van der Waals surface area contributed by atoms with Gasteiger partial charge in [0, 0.05) is 6.20 Å². The van der Waals surface area contributed by atoms with Crippen LogP contribution >= 0.6 is 15.9 Å². The summed E-state index contributed by atoms with van der Waals surface area (Å²) >= 11 is 3.09. The fraction of sp³-hybridized carbons (Fsp3) is 0.167. The standard InChI is InChI=1S/C18H11BrF5N3O3/c1-7(29-11-5-3-9(20)12(13(11)21)16(25)28)17-27-14(15(19)30-17)10-4-2-8(6-26-10)18(22,23)24/h2-7H,1H3,(H2,25,28). The van der Waals surface area contributed by atoms with Crippen molar-refractivity contribution < 1.29 is 35.9 Å². The van der Waals surface area contributed by atoms with Crippen molar-refractivity contribution in [3.63, 3.8) is 0 Å².